The van der Waals surface area contributed by atoms with Crippen molar-refractivity contribution in [1.29, 1.82) is 0 Å². The van der Waals surface area contributed by atoms with E-state index in [9.17, 15) is 13.2 Å². The number of hydrogen-bond acceptors (Lipinski definition) is 7. The van der Waals surface area contributed by atoms with Crippen LogP contribution in [-0.4, -0.2) is 35.9 Å². The van der Waals surface area contributed by atoms with E-state index in [1.807, 2.05) is 42.5 Å². The van der Waals surface area contributed by atoms with Crippen molar-refractivity contribution >= 4 is 27.0 Å². The Hall–Kier alpha value is -3.56. The minimum absolute atomic E-state index is 0.0955. The summed E-state index contributed by atoms with van der Waals surface area (Å²) in [6.07, 6.45) is 6.09. The Morgan fingerprint density at radius 1 is 1.00 bits per heavy atom. The molecule has 0 amide bonds. The van der Waals surface area contributed by atoms with Crippen LogP contribution in [0.3, 0.4) is 0 Å². The third-order valence-corrected chi connectivity index (χ3v) is 7.71. The van der Waals surface area contributed by atoms with Crippen molar-refractivity contribution in [2.24, 2.45) is 0 Å². The summed E-state index contributed by atoms with van der Waals surface area (Å²) < 4.78 is 39.1. The van der Waals surface area contributed by atoms with Crippen molar-refractivity contribution in [3.05, 3.63) is 89.2 Å². The van der Waals surface area contributed by atoms with Gasteiger partial charge in [0.05, 0.1) is 25.1 Å². The molecule has 0 spiro atoms. The molecule has 0 aliphatic carbocycles. The largest absolute Gasteiger partial charge is 0.469 e. The number of unbranched alkanes of at least 4 members (excludes halogenated alkanes) is 1. The van der Waals surface area contributed by atoms with Crippen LogP contribution in [0.15, 0.2) is 76.5 Å². The Kier molecular flexibility index (Phi) is 8.12. The number of carbonyl (C=O) groups excluding carboxylic acids is 1. The highest BCUT2D eigenvalue weighted by Crippen LogP contribution is 2.26. The van der Waals surface area contributed by atoms with Gasteiger partial charge in [-0.3, -0.25) is 4.79 Å². The maximum atomic E-state index is 13.9. The van der Waals surface area contributed by atoms with Crippen LogP contribution in [0.1, 0.15) is 42.0 Å². The van der Waals surface area contributed by atoms with E-state index in [1.54, 1.807) is 12.1 Å². The molecule has 0 bridgehead atoms. The summed E-state index contributed by atoms with van der Waals surface area (Å²) in [7, 11) is -2.69. The average Bonchev–Trinajstić information content (AvgIpc) is 3.37. The minimum Gasteiger partial charge on any atom is -0.469 e. The Morgan fingerprint density at radius 2 is 1.72 bits per heavy atom. The lowest BCUT2D eigenvalue weighted by molar-refractivity contribution is -0.139. The standard InChI is InChI=1S/C27H29N3O5S/c1-3-4-6-20-9-11-21(12-10-20)18-30(19-23-8-5-7-22(15-23)16-26(31)34-2)36(32,33)27-24-17-29-35-25(24)13-14-28-27/h5,7-15,17H,3-4,6,16,18-19H2,1-2H3. The van der Waals surface area contributed by atoms with Crippen LogP contribution < -0.4 is 0 Å². The number of esters is 1. The fraction of sp³-hybridized carbons (Fsp3) is 0.296. The zero-order valence-electron chi connectivity index (χ0n) is 20.4. The lowest BCUT2D eigenvalue weighted by Crippen LogP contribution is -2.31. The Labute approximate surface area is 210 Å². The number of pyridine rings is 1. The molecule has 0 saturated carbocycles. The van der Waals surface area contributed by atoms with Gasteiger partial charge < -0.3 is 9.26 Å². The number of hydrogen-bond donors (Lipinski definition) is 0. The quantitative estimate of drug-likeness (QED) is 0.272. The number of carbonyl (C=O) groups is 1. The van der Waals surface area contributed by atoms with E-state index in [0.717, 1.165) is 36.0 Å². The Morgan fingerprint density at radius 3 is 2.47 bits per heavy atom. The molecule has 0 atom stereocenters. The lowest BCUT2D eigenvalue weighted by atomic mass is 10.1. The van der Waals surface area contributed by atoms with Crippen molar-refractivity contribution in [3.63, 3.8) is 0 Å². The third kappa shape index (κ3) is 5.98. The molecule has 0 aliphatic rings. The molecule has 36 heavy (non-hydrogen) atoms. The van der Waals surface area contributed by atoms with Gasteiger partial charge in [0.1, 0.15) is 0 Å². The first-order valence-corrected chi connectivity index (χ1v) is 13.3. The van der Waals surface area contributed by atoms with Crippen LogP contribution in [0.2, 0.25) is 0 Å². The fourth-order valence-electron chi connectivity index (χ4n) is 4.00. The second-order valence-electron chi connectivity index (χ2n) is 8.62. The number of sulfonamides is 1. The Bertz CT molecular complexity index is 1430. The number of fused-ring (bicyclic) bond motifs is 1. The zero-order valence-corrected chi connectivity index (χ0v) is 21.2. The second kappa shape index (κ2) is 11.5. The van der Waals surface area contributed by atoms with E-state index < -0.39 is 10.0 Å². The first-order chi connectivity index (χ1) is 17.4. The van der Waals surface area contributed by atoms with E-state index in [0.29, 0.717) is 11.0 Å². The topological polar surface area (TPSA) is 103 Å². The molecule has 2 heterocycles. The molecule has 9 heteroatoms. The van der Waals surface area contributed by atoms with Gasteiger partial charge in [0.25, 0.3) is 10.0 Å². The van der Waals surface area contributed by atoms with E-state index >= 15 is 0 Å². The average molecular weight is 508 g/mol. The van der Waals surface area contributed by atoms with E-state index in [1.165, 1.54) is 29.4 Å². The summed E-state index contributed by atoms with van der Waals surface area (Å²) in [6, 6.07) is 16.9. The SMILES string of the molecule is CCCCc1ccc(CN(Cc2cccc(CC(=O)OC)c2)S(=O)(=O)c2nccc3oncc23)cc1. The van der Waals surface area contributed by atoms with Crippen molar-refractivity contribution in [1.82, 2.24) is 14.4 Å². The maximum Gasteiger partial charge on any atom is 0.309 e. The van der Waals surface area contributed by atoms with Gasteiger partial charge in [-0.05, 0) is 35.1 Å². The number of methoxy groups -OCH3 is 1. The van der Waals surface area contributed by atoms with Crippen LogP contribution in [0, 0.1) is 0 Å². The summed E-state index contributed by atoms with van der Waals surface area (Å²) in [5, 5.41) is 3.97. The van der Waals surface area contributed by atoms with E-state index in [-0.39, 0.29) is 30.5 Å². The van der Waals surface area contributed by atoms with Crippen molar-refractivity contribution in [3.8, 4) is 0 Å². The van der Waals surface area contributed by atoms with Gasteiger partial charge >= 0.3 is 5.97 Å². The lowest BCUT2D eigenvalue weighted by Gasteiger charge is -2.22. The normalized spacial score (nSPS) is 11.8. The molecule has 0 unspecified atom stereocenters. The molecule has 2 aromatic heterocycles. The van der Waals surface area contributed by atoms with Crippen LogP contribution >= 0.6 is 0 Å². The summed E-state index contributed by atoms with van der Waals surface area (Å²) in [5.41, 5.74) is 3.93. The smallest absolute Gasteiger partial charge is 0.309 e. The monoisotopic (exact) mass is 507 g/mol. The molecule has 0 N–H and O–H groups in total. The van der Waals surface area contributed by atoms with Crippen molar-refractivity contribution in [2.45, 2.75) is 50.7 Å². The van der Waals surface area contributed by atoms with Gasteiger partial charge in [-0.25, -0.2) is 13.4 Å². The van der Waals surface area contributed by atoms with Gasteiger partial charge in [0, 0.05) is 25.4 Å². The molecule has 0 radical (unpaired) electrons. The van der Waals surface area contributed by atoms with E-state index in [2.05, 4.69) is 17.1 Å². The van der Waals surface area contributed by atoms with Crippen molar-refractivity contribution < 1.29 is 22.5 Å². The molecular formula is C27H29N3O5S. The van der Waals surface area contributed by atoms with Gasteiger partial charge in [-0.2, -0.15) is 4.31 Å². The maximum absolute atomic E-state index is 13.9. The van der Waals surface area contributed by atoms with Crippen molar-refractivity contribution in [2.75, 3.05) is 7.11 Å². The molecule has 4 rings (SSSR count). The van der Waals surface area contributed by atoms with E-state index in [4.69, 9.17) is 9.26 Å². The predicted octanol–water partition coefficient (Wildman–Crippen LogP) is 4.67. The van der Waals surface area contributed by atoms with Gasteiger partial charge in [0.15, 0.2) is 10.6 Å². The zero-order chi connectivity index (χ0) is 25.5. The molecule has 4 aromatic rings. The van der Waals surface area contributed by atoms with Crippen LogP contribution in [0.25, 0.3) is 11.0 Å². The van der Waals surface area contributed by atoms with Gasteiger partial charge in [-0.1, -0.05) is 67.0 Å². The predicted molar refractivity (Wildman–Crippen MR) is 135 cm³/mol. The Balaban J connectivity index is 1.68. The summed E-state index contributed by atoms with van der Waals surface area (Å²) >= 11 is 0. The minimum atomic E-state index is -4.03. The van der Waals surface area contributed by atoms with Crippen LogP contribution in [0.5, 0.6) is 0 Å². The highest BCUT2D eigenvalue weighted by Gasteiger charge is 2.29. The van der Waals surface area contributed by atoms with Gasteiger partial charge in [0.2, 0.25) is 0 Å². The molecule has 0 fully saturated rings. The summed E-state index contributed by atoms with van der Waals surface area (Å²) in [5.74, 6) is -0.358. The van der Waals surface area contributed by atoms with Gasteiger partial charge in [-0.15, -0.1) is 0 Å². The molecule has 0 aliphatic heterocycles. The number of aromatic nitrogens is 2. The molecule has 0 saturated heterocycles. The number of benzene rings is 2. The number of ether oxygens (including phenoxy) is 1. The first-order valence-electron chi connectivity index (χ1n) is 11.8. The number of aryl methyl sites for hydroxylation is 1. The highest BCUT2D eigenvalue weighted by atomic mass is 32.2. The van der Waals surface area contributed by atoms with Crippen LogP contribution in [0.4, 0.5) is 0 Å². The number of nitrogens with zero attached hydrogens (tertiary/aromatic N) is 3. The second-order valence-corrected chi connectivity index (χ2v) is 10.5. The molecular weight excluding hydrogens is 478 g/mol. The molecule has 2 aromatic carbocycles. The molecule has 8 nitrogen and oxygen atoms in total. The van der Waals surface area contributed by atoms with Crippen LogP contribution in [-0.2, 0) is 45.5 Å². The number of rotatable bonds is 11. The molecule has 188 valence electrons. The first kappa shape index (κ1) is 25.5. The third-order valence-electron chi connectivity index (χ3n) is 5.96. The highest BCUT2D eigenvalue weighted by molar-refractivity contribution is 7.89. The fourth-order valence-corrected chi connectivity index (χ4v) is 5.51. The summed E-state index contributed by atoms with van der Waals surface area (Å²) in [4.78, 5) is 15.9. The summed E-state index contributed by atoms with van der Waals surface area (Å²) in [6.45, 7) is 2.40.